The van der Waals surface area contributed by atoms with Crippen LogP contribution in [0.5, 0.6) is 0 Å². The molecule has 17 heavy (non-hydrogen) atoms. The third-order valence-corrected chi connectivity index (χ3v) is 2.99. The Labute approximate surface area is 103 Å². The van der Waals surface area contributed by atoms with Crippen LogP contribution in [0.1, 0.15) is 5.69 Å². The van der Waals surface area contributed by atoms with E-state index in [1.165, 1.54) is 11.8 Å². The standard InChI is InChI=1S/C11H12N4OS/c1-16-4-3-15-9(6-12)5-8-7-13-11(17-2)14-10(8)15/h5,7H,3-4H2,1-2H3. The van der Waals surface area contributed by atoms with Crippen LogP contribution in [-0.2, 0) is 11.3 Å². The number of nitrogens with zero attached hydrogens (tertiary/aromatic N) is 4. The number of nitriles is 1. The monoisotopic (exact) mass is 248 g/mol. The SMILES string of the molecule is COCCn1c(C#N)cc2cnc(SC)nc21. The number of hydrogen-bond donors (Lipinski definition) is 0. The molecular formula is C11H12N4OS. The minimum absolute atomic E-state index is 0.553. The summed E-state index contributed by atoms with van der Waals surface area (Å²) in [6.07, 6.45) is 3.67. The van der Waals surface area contributed by atoms with E-state index in [4.69, 9.17) is 10.00 Å². The lowest BCUT2D eigenvalue weighted by Gasteiger charge is -2.05. The number of rotatable bonds is 4. The molecule has 2 heterocycles. The first kappa shape index (κ1) is 11.9. The summed E-state index contributed by atoms with van der Waals surface area (Å²) in [5.41, 5.74) is 1.38. The zero-order chi connectivity index (χ0) is 12.3. The fourth-order valence-electron chi connectivity index (χ4n) is 1.62. The van der Waals surface area contributed by atoms with E-state index < -0.39 is 0 Å². The smallest absolute Gasteiger partial charge is 0.189 e. The van der Waals surface area contributed by atoms with Crippen LogP contribution in [0.2, 0.25) is 0 Å². The van der Waals surface area contributed by atoms with Crippen molar-refractivity contribution in [2.75, 3.05) is 20.0 Å². The first-order valence-corrected chi connectivity index (χ1v) is 6.32. The van der Waals surface area contributed by atoms with Crippen LogP contribution in [-0.4, -0.2) is 34.5 Å². The van der Waals surface area contributed by atoms with Gasteiger partial charge in [-0.25, -0.2) is 9.97 Å². The van der Waals surface area contributed by atoms with Gasteiger partial charge in [0.15, 0.2) is 5.16 Å². The Morgan fingerprint density at radius 3 is 3.06 bits per heavy atom. The fourth-order valence-corrected chi connectivity index (χ4v) is 1.96. The second-order valence-electron chi connectivity index (χ2n) is 3.42. The van der Waals surface area contributed by atoms with E-state index in [0.29, 0.717) is 24.0 Å². The van der Waals surface area contributed by atoms with Crippen LogP contribution < -0.4 is 0 Å². The Balaban J connectivity index is 2.55. The summed E-state index contributed by atoms with van der Waals surface area (Å²) < 4.78 is 6.90. The normalized spacial score (nSPS) is 10.6. The number of methoxy groups -OCH3 is 1. The van der Waals surface area contributed by atoms with Crippen molar-refractivity contribution >= 4 is 22.8 Å². The molecule has 0 aliphatic carbocycles. The molecule has 0 amide bonds. The Bertz CT molecular complexity index is 573. The molecule has 0 N–H and O–H groups in total. The van der Waals surface area contributed by atoms with Crippen LogP contribution in [0.3, 0.4) is 0 Å². The summed E-state index contributed by atoms with van der Waals surface area (Å²) in [7, 11) is 1.64. The summed E-state index contributed by atoms with van der Waals surface area (Å²) in [4.78, 5) is 8.62. The van der Waals surface area contributed by atoms with Gasteiger partial charge in [0, 0.05) is 25.2 Å². The predicted molar refractivity (Wildman–Crippen MR) is 65.9 cm³/mol. The maximum Gasteiger partial charge on any atom is 0.189 e. The minimum Gasteiger partial charge on any atom is -0.383 e. The second kappa shape index (κ2) is 5.17. The van der Waals surface area contributed by atoms with Crippen molar-refractivity contribution in [2.24, 2.45) is 0 Å². The quantitative estimate of drug-likeness (QED) is 0.608. The van der Waals surface area contributed by atoms with E-state index in [0.717, 1.165) is 11.0 Å². The van der Waals surface area contributed by atoms with Gasteiger partial charge in [-0.2, -0.15) is 5.26 Å². The number of fused-ring (bicyclic) bond motifs is 1. The van der Waals surface area contributed by atoms with Gasteiger partial charge < -0.3 is 9.30 Å². The molecule has 88 valence electrons. The molecule has 0 aliphatic heterocycles. The molecule has 0 saturated heterocycles. The molecule has 0 saturated carbocycles. The Morgan fingerprint density at radius 2 is 2.41 bits per heavy atom. The van der Waals surface area contributed by atoms with Crippen molar-refractivity contribution in [2.45, 2.75) is 11.7 Å². The van der Waals surface area contributed by atoms with Crippen molar-refractivity contribution in [3.63, 3.8) is 0 Å². The highest BCUT2D eigenvalue weighted by Crippen LogP contribution is 2.19. The van der Waals surface area contributed by atoms with Crippen molar-refractivity contribution in [3.8, 4) is 6.07 Å². The van der Waals surface area contributed by atoms with Gasteiger partial charge in [0.2, 0.25) is 0 Å². The number of aromatic nitrogens is 3. The molecular weight excluding hydrogens is 236 g/mol. The average molecular weight is 248 g/mol. The molecule has 2 aromatic rings. The van der Waals surface area contributed by atoms with Gasteiger partial charge in [-0.05, 0) is 12.3 Å². The van der Waals surface area contributed by atoms with Crippen LogP contribution >= 0.6 is 11.8 Å². The summed E-state index contributed by atoms with van der Waals surface area (Å²) in [6, 6.07) is 3.96. The lowest BCUT2D eigenvalue weighted by atomic mass is 10.4. The largest absolute Gasteiger partial charge is 0.383 e. The maximum absolute atomic E-state index is 9.08. The van der Waals surface area contributed by atoms with Gasteiger partial charge >= 0.3 is 0 Å². The van der Waals surface area contributed by atoms with Gasteiger partial charge in [-0.3, -0.25) is 0 Å². The lowest BCUT2D eigenvalue weighted by Crippen LogP contribution is -2.07. The zero-order valence-electron chi connectivity index (χ0n) is 9.67. The zero-order valence-corrected chi connectivity index (χ0v) is 10.5. The summed E-state index contributed by atoms with van der Waals surface area (Å²) in [5.74, 6) is 0. The van der Waals surface area contributed by atoms with Gasteiger partial charge in [0.05, 0.1) is 6.61 Å². The highest BCUT2D eigenvalue weighted by Gasteiger charge is 2.10. The number of thioether (sulfide) groups is 1. The summed E-state index contributed by atoms with van der Waals surface area (Å²) in [6.45, 7) is 1.17. The minimum atomic E-state index is 0.553. The van der Waals surface area contributed by atoms with E-state index in [2.05, 4.69) is 16.0 Å². The molecule has 6 heteroatoms. The van der Waals surface area contributed by atoms with E-state index in [1.807, 2.05) is 10.8 Å². The van der Waals surface area contributed by atoms with Crippen molar-refractivity contribution in [1.29, 1.82) is 5.26 Å². The summed E-state index contributed by atoms with van der Waals surface area (Å²) >= 11 is 1.48. The van der Waals surface area contributed by atoms with Crippen molar-refractivity contribution in [3.05, 3.63) is 18.0 Å². The van der Waals surface area contributed by atoms with E-state index >= 15 is 0 Å². The van der Waals surface area contributed by atoms with Crippen LogP contribution in [0.15, 0.2) is 17.4 Å². The molecule has 0 spiro atoms. The van der Waals surface area contributed by atoms with Crippen LogP contribution in [0.4, 0.5) is 0 Å². The highest BCUT2D eigenvalue weighted by molar-refractivity contribution is 7.98. The van der Waals surface area contributed by atoms with E-state index in [-0.39, 0.29) is 0 Å². The van der Waals surface area contributed by atoms with Crippen LogP contribution in [0, 0.1) is 11.3 Å². The molecule has 2 aromatic heterocycles. The molecule has 0 bridgehead atoms. The first-order valence-electron chi connectivity index (χ1n) is 5.09. The molecule has 0 aromatic carbocycles. The number of hydrogen-bond acceptors (Lipinski definition) is 5. The number of ether oxygens (including phenoxy) is 1. The average Bonchev–Trinajstić information content (AvgIpc) is 2.73. The third kappa shape index (κ3) is 2.25. The predicted octanol–water partition coefficient (Wildman–Crippen LogP) is 1.67. The van der Waals surface area contributed by atoms with Crippen molar-refractivity contribution < 1.29 is 4.74 Å². The molecule has 0 fully saturated rings. The van der Waals surface area contributed by atoms with Gasteiger partial charge in [0.1, 0.15) is 17.4 Å². The van der Waals surface area contributed by atoms with Gasteiger partial charge in [-0.1, -0.05) is 11.8 Å². The summed E-state index contributed by atoms with van der Waals surface area (Å²) in [5, 5.41) is 10.7. The maximum atomic E-state index is 9.08. The Kier molecular flexibility index (Phi) is 3.61. The fraction of sp³-hybridized carbons (Fsp3) is 0.364. The third-order valence-electron chi connectivity index (χ3n) is 2.43. The van der Waals surface area contributed by atoms with Gasteiger partial charge in [-0.15, -0.1) is 0 Å². The van der Waals surface area contributed by atoms with Crippen LogP contribution in [0.25, 0.3) is 11.0 Å². The molecule has 0 atom stereocenters. The van der Waals surface area contributed by atoms with E-state index in [9.17, 15) is 0 Å². The topological polar surface area (TPSA) is 63.7 Å². The molecule has 0 aliphatic rings. The molecule has 0 unspecified atom stereocenters. The molecule has 0 radical (unpaired) electrons. The first-order chi connectivity index (χ1) is 8.30. The second-order valence-corrected chi connectivity index (χ2v) is 4.19. The van der Waals surface area contributed by atoms with E-state index in [1.54, 1.807) is 19.4 Å². The van der Waals surface area contributed by atoms with Crippen molar-refractivity contribution in [1.82, 2.24) is 14.5 Å². The van der Waals surface area contributed by atoms with Gasteiger partial charge in [0.25, 0.3) is 0 Å². The molecule has 2 rings (SSSR count). The highest BCUT2D eigenvalue weighted by atomic mass is 32.2. The Morgan fingerprint density at radius 1 is 1.59 bits per heavy atom. The Hall–Kier alpha value is -1.58. The molecule has 5 nitrogen and oxygen atoms in total. The lowest BCUT2D eigenvalue weighted by molar-refractivity contribution is 0.188.